The number of nitro groups is 1. The molecule has 0 bridgehead atoms. The molecule has 0 saturated carbocycles. The molecular weight excluding hydrogens is 314 g/mol. The second kappa shape index (κ2) is 8.31. The molecule has 0 spiro atoms. The molecule has 0 saturated heterocycles. The summed E-state index contributed by atoms with van der Waals surface area (Å²) >= 11 is 1.45. The predicted molar refractivity (Wildman–Crippen MR) is 93.9 cm³/mol. The highest BCUT2D eigenvalue weighted by molar-refractivity contribution is 7.99. The number of hydrogen-bond acceptors (Lipinski definition) is 5. The van der Waals surface area contributed by atoms with E-state index >= 15 is 0 Å². The Morgan fingerprint density at radius 2 is 2.09 bits per heavy atom. The number of hydrogen-bond donors (Lipinski definition) is 2. The number of carbonyl (C=O) groups excluding carboxylic acids is 1. The molecular formula is C16H25N3O3S. The van der Waals surface area contributed by atoms with Gasteiger partial charge in [0, 0.05) is 23.7 Å². The molecule has 0 unspecified atom stereocenters. The van der Waals surface area contributed by atoms with E-state index in [1.807, 2.05) is 0 Å². The van der Waals surface area contributed by atoms with Gasteiger partial charge in [-0.2, -0.15) is 0 Å². The van der Waals surface area contributed by atoms with Crippen LogP contribution >= 0.6 is 11.8 Å². The second-order valence-corrected chi connectivity index (χ2v) is 7.78. The fourth-order valence-electron chi connectivity index (χ4n) is 1.74. The van der Waals surface area contributed by atoms with Crippen LogP contribution in [0.1, 0.15) is 44.5 Å². The Hall–Kier alpha value is -1.60. The Morgan fingerprint density at radius 1 is 1.43 bits per heavy atom. The van der Waals surface area contributed by atoms with Crippen molar-refractivity contribution in [3.63, 3.8) is 0 Å². The summed E-state index contributed by atoms with van der Waals surface area (Å²) in [6, 6.07) is 4.59. The van der Waals surface area contributed by atoms with Crippen molar-refractivity contribution in [1.82, 2.24) is 5.32 Å². The van der Waals surface area contributed by atoms with Gasteiger partial charge >= 0.3 is 0 Å². The number of thioether (sulfide) groups is 1. The van der Waals surface area contributed by atoms with Crippen molar-refractivity contribution in [2.45, 2.75) is 44.6 Å². The normalized spacial score (nSPS) is 11.6. The molecule has 0 fully saturated rings. The van der Waals surface area contributed by atoms with Gasteiger partial charge in [0.1, 0.15) is 0 Å². The van der Waals surface area contributed by atoms with Gasteiger partial charge in [-0.1, -0.05) is 13.8 Å². The smallest absolute Gasteiger partial charge is 0.283 e. The van der Waals surface area contributed by atoms with Gasteiger partial charge in [0.15, 0.2) is 0 Å². The SMILES string of the molecule is CC(C)CCSc1ccc(C(=O)NCC(C)(C)N)cc1[N+](=O)[O-]. The lowest BCUT2D eigenvalue weighted by Gasteiger charge is -2.18. The van der Waals surface area contributed by atoms with Crippen LogP contribution in [0.25, 0.3) is 0 Å². The van der Waals surface area contributed by atoms with Crippen LogP contribution in [-0.2, 0) is 0 Å². The van der Waals surface area contributed by atoms with Crippen LogP contribution in [0.4, 0.5) is 5.69 Å². The summed E-state index contributed by atoms with van der Waals surface area (Å²) in [5.41, 5.74) is 5.53. The first-order chi connectivity index (χ1) is 10.6. The highest BCUT2D eigenvalue weighted by Crippen LogP contribution is 2.31. The Kier molecular flexibility index (Phi) is 7.02. The van der Waals surface area contributed by atoms with E-state index in [1.165, 1.54) is 17.8 Å². The molecule has 3 N–H and O–H groups in total. The van der Waals surface area contributed by atoms with E-state index in [4.69, 9.17) is 5.73 Å². The summed E-state index contributed by atoms with van der Waals surface area (Å²) in [5, 5.41) is 13.9. The maximum Gasteiger partial charge on any atom is 0.283 e. The topological polar surface area (TPSA) is 98.3 Å². The van der Waals surface area contributed by atoms with Crippen LogP contribution in [0, 0.1) is 16.0 Å². The summed E-state index contributed by atoms with van der Waals surface area (Å²) < 4.78 is 0. The fourth-order valence-corrected chi connectivity index (χ4v) is 2.99. The van der Waals surface area contributed by atoms with Crippen molar-refractivity contribution in [3.8, 4) is 0 Å². The maximum atomic E-state index is 12.1. The molecule has 0 aliphatic rings. The van der Waals surface area contributed by atoms with Gasteiger partial charge in [0.05, 0.1) is 9.82 Å². The molecule has 1 rings (SSSR count). The van der Waals surface area contributed by atoms with E-state index in [0.717, 1.165) is 12.2 Å². The van der Waals surface area contributed by atoms with E-state index in [-0.39, 0.29) is 17.2 Å². The van der Waals surface area contributed by atoms with Crippen LogP contribution in [0.3, 0.4) is 0 Å². The van der Waals surface area contributed by atoms with Crippen molar-refractivity contribution < 1.29 is 9.72 Å². The molecule has 0 heterocycles. The predicted octanol–water partition coefficient (Wildman–Crippen LogP) is 3.20. The zero-order valence-electron chi connectivity index (χ0n) is 14.1. The van der Waals surface area contributed by atoms with Gasteiger partial charge in [-0.3, -0.25) is 14.9 Å². The number of amides is 1. The van der Waals surface area contributed by atoms with Crippen LogP contribution < -0.4 is 11.1 Å². The first-order valence-electron chi connectivity index (χ1n) is 7.58. The molecule has 1 aromatic rings. The first kappa shape index (κ1) is 19.4. The lowest BCUT2D eigenvalue weighted by atomic mass is 10.1. The van der Waals surface area contributed by atoms with Crippen molar-refractivity contribution in [3.05, 3.63) is 33.9 Å². The Bertz CT molecular complexity index is 568. The first-order valence-corrected chi connectivity index (χ1v) is 8.57. The minimum atomic E-state index is -0.534. The van der Waals surface area contributed by atoms with Crippen LogP contribution in [0.2, 0.25) is 0 Å². The van der Waals surface area contributed by atoms with Crippen LogP contribution in [0.5, 0.6) is 0 Å². The molecule has 23 heavy (non-hydrogen) atoms. The molecule has 1 amide bonds. The van der Waals surface area contributed by atoms with Gasteiger partial charge < -0.3 is 11.1 Å². The minimum absolute atomic E-state index is 0.0292. The Morgan fingerprint density at radius 3 is 2.61 bits per heavy atom. The summed E-state index contributed by atoms with van der Waals surface area (Å²) in [4.78, 5) is 23.5. The van der Waals surface area contributed by atoms with E-state index in [1.54, 1.807) is 26.0 Å². The molecule has 0 aliphatic heterocycles. The monoisotopic (exact) mass is 339 g/mol. The van der Waals surface area contributed by atoms with Gasteiger partial charge in [0.2, 0.25) is 0 Å². The summed E-state index contributed by atoms with van der Waals surface area (Å²) in [7, 11) is 0. The Balaban J connectivity index is 2.86. The van der Waals surface area contributed by atoms with Crippen molar-refractivity contribution in [1.29, 1.82) is 0 Å². The van der Waals surface area contributed by atoms with Gasteiger partial charge in [0.25, 0.3) is 11.6 Å². The molecule has 128 valence electrons. The molecule has 6 nitrogen and oxygen atoms in total. The van der Waals surface area contributed by atoms with Crippen molar-refractivity contribution >= 4 is 23.4 Å². The lowest BCUT2D eigenvalue weighted by Crippen LogP contribution is -2.45. The number of nitrogens with two attached hydrogens (primary N) is 1. The molecule has 0 aliphatic carbocycles. The van der Waals surface area contributed by atoms with Gasteiger partial charge in [-0.05, 0) is 44.1 Å². The third kappa shape index (κ3) is 7.00. The van der Waals surface area contributed by atoms with Crippen LogP contribution in [0.15, 0.2) is 23.1 Å². The average Bonchev–Trinajstić information content (AvgIpc) is 2.43. The third-order valence-corrected chi connectivity index (χ3v) is 4.17. The zero-order chi connectivity index (χ0) is 17.6. The number of nitro benzene ring substituents is 1. The standard InChI is InChI=1S/C16H25N3O3S/c1-11(2)7-8-23-14-6-5-12(9-13(14)19(21)22)15(20)18-10-16(3,4)17/h5-6,9,11H,7-8,10,17H2,1-4H3,(H,18,20). The Labute approximate surface area is 141 Å². The minimum Gasteiger partial charge on any atom is -0.350 e. The molecule has 0 radical (unpaired) electrons. The summed E-state index contributed by atoms with van der Waals surface area (Å²) in [5.74, 6) is 1.00. The van der Waals surface area contributed by atoms with Gasteiger partial charge in [-0.25, -0.2) is 0 Å². The van der Waals surface area contributed by atoms with E-state index in [0.29, 0.717) is 17.4 Å². The second-order valence-electron chi connectivity index (χ2n) is 6.64. The number of nitrogens with zero attached hydrogens (tertiary/aromatic N) is 1. The molecule has 1 aromatic carbocycles. The van der Waals surface area contributed by atoms with Crippen molar-refractivity contribution in [2.24, 2.45) is 11.7 Å². The quantitative estimate of drug-likeness (QED) is 0.430. The molecule has 7 heteroatoms. The highest BCUT2D eigenvalue weighted by atomic mass is 32.2. The van der Waals surface area contributed by atoms with E-state index < -0.39 is 10.5 Å². The third-order valence-electron chi connectivity index (χ3n) is 3.08. The molecule has 0 atom stereocenters. The summed E-state index contributed by atoms with van der Waals surface area (Å²) in [6.07, 6.45) is 0.982. The number of nitrogens with one attached hydrogen (secondary N) is 1. The average molecular weight is 339 g/mol. The van der Waals surface area contributed by atoms with E-state index in [2.05, 4.69) is 19.2 Å². The number of benzene rings is 1. The van der Waals surface area contributed by atoms with E-state index in [9.17, 15) is 14.9 Å². The summed E-state index contributed by atoms with van der Waals surface area (Å²) in [6.45, 7) is 8.11. The van der Waals surface area contributed by atoms with Crippen LogP contribution in [-0.4, -0.2) is 28.7 Å². The van der Waals surface area contributed by atoms with Gasteiger partial charge in [-0.15, -0.1) is 11.8 Å². The highest BCUT2D eigenvalue weighted by Gasteiger charge is 2.19. The lowest BCUT2D eigenvalue weighted by molar-refractivity contribution is -0.387. The maximum absolute atomic E-state index is 12.1. The fraction of sp³-hybridized carbons (Fsp3) is 0.562. The number of carbonyl (C=O) groups is 1. The largest absolute Gasteiger partial charge is 0.350 e. The van der Waals surface area contributed by atoms with Crippen molar-refractivity contribution in [2.75, 3.05) is 12.3 Å². The number of rotatable bonds is 8. The molecule has 0 aromatic heterocycles. The zero-order valence-corrected chi connectivity index (χ0v) is 14.9.